The molecule has 0 spiro atoms. The smallest absolute Gasteiger partial charge is 0.195 e. The van der Waals surface area contributed by atoms with Gasteiger partial charge in [-0.25, -0.2) is 4.98 Å². The molecule has 2 aromatic carbocycles. The van der Waals surface area contributed by atoms with Crippen molar-refractivity contribution < 1.29 is 11.3 Å². The number of oxazole rings is 1. The maximum atomic E-state index is 8.52. The Balaban J connectivity index is 1.82. The van der Waals surface area contributed by atoms with Crippen LogP contribution in [0, 0.1) is 17.7 Å². The molecule has 2 heterocycles. The molecule has 0 aliphatic rings. The van der Waals surface area contributed by atoms with Gasteiger partial charge in [0, 0.05) is 25.0 Å². The van der Waals surface area contributed by atoms with Gasteiger partial charge in [-0.2, -0.15) is 0 Å². The van der Waals surface area contributed by atoms with Gasteiger partial charge in [0.1, 0.15) is 5.52 Å². The molecule has 0 aliphatic heterocycles. The van der Waals surface area contributed by atoms with Gasteiger partial charge in [0.15, 0.2) is 11.5 Å². The van der Waals surface area contributed by atoms with Crippen LogP contribution < -0.4 is 0 Å². The highest BCUT2D eigenvalue weighted by molar-refractivity contribution is 5.87. The first-order valence-corrected chi connectivity index (χ1v) is 11.0. The van der Waals surface area contributed by atoms with Crippen LogP contribution in [0.5, 0.6) is 0 Å². The fourth-order valence-corrected chi connectivity index (χ4v) is 3.79. The second kappa shape index (κ2) is 8.20. The third kappa shape index (κ3) is 5.09. The second-order valence-corrected chi connectivity index (χ2v) is 10.6. The SMILES string of the molecule is [2H]C([2H])([2H])c1cnc(-c2ccccc2-c2ccc3oc(C([2H])([2H])C(C)(C)C)nc3c2)cc1CC(C)(C)C. The largest absolute Gasteiger partial charge is 0.441 e. The monoisotopic (exact) mass is 431 g/mol. The lowest BCUT2D eigenvalue weighted by Crippen LogP contribution is -2.10. The average Bonchev–Trinajstić information content (AvgIpc) is 3.20. The highest BCUT2D eigenvalue weighted by atomic mass is 16.3. The van der Waals surface area contributed by atoms with E-state index in [0.29, 0.717) is 23.2 Å². The van der Waals surface area contributed by atoms with Gasteiger partial charge in [-0.15, -0.1) is 0 Å². The summed E-state index contributed by atoms with van der Waals surface area (Å²) in [6.07, 6.45) is 0.367. The molecule has 0 fully saturated rings. The van der Waals surface area contributed by atoms with Crippen LogP contribution in [-0.4, -0.2) is 9.97 Å². The first kappa shape index (κ1) is 16.7. The maximum absolute atomic E-state index is 8.52. The number of pyridine rings is 1. The van der Waals surface area contributed by atoms with E-state index in [9.17, 15) is 0 Å². The Morgan fingerprint density at radius 3 is 2.38 bits per heavy atom. The number of fused-ring (bicyclic) bond motifs is 1. The number of aryl methyl sites for hydroxylation is 1. The van der Waals surface area contributed by atoms with Crippen LogP contribution in [0.4, 0.5) is 0 Å². The van der Waals surface area contributed by atoms with Crippen molar-refractivity contribution in [3.8, 4) is 22.4 Å². The first-order chi connectivity index (χ1) is 17.0. The van der Waals surface area contributed by atoms with Crippen LogP contribution >= 0.6 is 0 Å². The summed E-state index contributed by atoms with van der Waals surface area (Å²) in [4.78, 5) is 9.09. The van der Waals surface area contributed by atoms with Gasteiger partial charge < -0.3 is 4.42 Å². The van der Waals surface area contributed by atoms with Crippen LogP contribution in [0.15, 0.2) is 59.1 Å². The number of rotatable bonds is 4. The Labute approximate surface area is 199 Å². The number of benzene rings is 2. The van der Waals surface area contributed by atoms with Crippen molar-refractivity contribution in [2.45, 2.75) is 61.2 Å². The van der Waals surface area contributed by atoms with Crippen molar-refractivity contribution in [2.24, 2.45) is 10.8 Å². The molecule has 2 aromatic heterocycles. The Hall–Kier alpha value is -2.94. The summed E-state index contributed by atoms with van der Waals surface area (Å²) < 4.78 is 46.8. The summed E-state index contributed by atoms with van der Waals surface area (Å²) in [6.45, 7) is 9.50. The molecule has 0 saturated heterocycles. The summed E-state index contributed by atoms with van der Waals surface area (Å²) in [7, 11) is 0. The zero-order valence-electron chi connectivity index (χ0n) is 24.7. The Kier molecular flexibility index (Phi) is 4.27. The zero-order chi connectivity index (χ0) is 27.4. The second-order valence-electron chi connectivity index (χ2n) is 10.6. The van der Waals surface area contributed by atoms with Gasteiger partial charge in [0.2, 0.25) is 0 Å². The molecule has 0 N–H and O–H groups in total. The van der Waals surface area contributed by atoms with Gasteiger partial charge in [-0.05, 0) is 64.6 Å². The highest BCUT2D eigenvalue weighted by Crippen LogP contribution is 2.34. The van der Waals surface area contributed by atoms with E-state index in [2.05, 4.69) is 30.7 Å². The van der Waals surface area contributed by atoms with Gasteiger partial charge in [-0.1, -0.05) is 71.9 Å². The molecule has 4 rings (SSSR count). The molecule has 0 aliphatic carbocycles. The molecule has 0 atom stereocenters. The molecule has 0 amide bonds. The number of hydrogen-bond acceptors (Lipinski definition) is 3. The lowest BCUT2D eigenvalue weighted by Gasteiger charge is -2.20. The minimum absolute atomic E-state index is 0.0641. The van der Waals surface area contributed by atoms with Crippen LogP contribution in [0.2, 0.25) is 0 Å². The third-order valence-electron chi connectivity index (χ3n) is 5.09. The molecule has 3 nitrogen and oxygen atoms in total. The molecule has 0 radical (unpaired) electrons. The molecule has 0 bridgehead atoms. The van der Waals surface area contributed by atoms with Crippen molar-refractivity contribution in [3.63, 3.8) is 0 Å². The van der Waals surface area contributed by atoms with Gasteiger partial charge in [0.05, 0.1) is 5.69 Å². The lowest BCUT2D eigenvalue weighted by molar-refractivity contribution is 0.362. The fraction of sp³-hybridized carbons (Fsp3) is 0.379. The summed E-state index contributed by atoms with van der Waals surface area (Å²) in [5.74, 6) is 0.0641. The molecule has 32 heavy (non-hydrogen) atoms. The van der Waals surface area contributed by atoms with E-state index in [4.69, 9.17) is 11.3 Å². The molecule has 0 saturated carbocycles. The maximum Gasteiger partial charge on any atom is 0.195 e. The number of nitrogens with zero attached hydrogens (tertiary/aromatic N) is 2. The van der Waals surface area contributed by atoms with E-state index in [0.717, 1.165) is 22.3 Å². The predicted molar refractivity (Wildman–Crippen MR) is 134 cm³/mol. The van der Waals surface area contributed by atoms with Crippen molar-refractivity contribution in [1.29, 1.82) is 0 Å². The summed E-state index contributed by atoms with van der Waals surface area (Å²) >= 11 is 0. The average molecular weight is 432 g/mol. The minimum Gasteiger partial charge on any atom is -0.441 e. The first-order valence-electron chi connectivity index (χ1n) is 13.5. The van der Waals surface area contributed by atoms with E-state index in [1.54, 1.807) is 0 Å². The van der Waals surface area contributed by atoms with Crippen LogP contribution in [0.1, 0.15) is 65.4 Å². The van der Waals surface area contributed by atoms with Crippen LogP contribution in [-0.2, 0) is 12.8 Å². The van der Waals surface area contributed by atoms with E-state index < -0.39 is 18.6 Å². The Bertz CT molecular complexity index is 1440. The lowest BCUT2D eigenvalue weighted by atomic mass is 9.86. The molecular formula is C29H34N2O. The van der Waals surface area contributed by atoms with Crippen molar-refractivity contribution in [2.75, 3.05) is 0 Å². The third-order valence-corrected chi connectivity index (χ3v) is 5.09. The molecule has 4 aromatic rings. The van der Waals surface area contributed by atoms with Crippen molar-refractivity contribution in [3.05, 3.63) is 71.7 Å². The number of aromatic nitrogens is 2. The minimum atomic E-state index is -2.24. The standard InChI is InChI=1S/C29H34N2O/c1-19-18-30-24(15-21(19)16-28(2,3)4)23-11-9-8-10-22(23)20-12-13-26-25(14-20)31-27(32-26)17-29(5,6)7/h8-15,18H,16-17H2,1-7H3/i1D3,17D2. The zero-order valence-corrected chi connectivity index (χ0v) is 19.7. The molecular weight excluding hydrogens is 392 g/mol. The molecule has 166 valence electrons. The van der Waals surface area contributed by atoms with E-state index in [1.165, 1.54) is 6.20 Å². The van der Waals surface area contributed by atoms with Crippen LogP contribution in [0.3, 0.4) is 0 Å². The van der Waals surface area contributed by atoms with Crippen molar-refractivity contribution >= 4 is 11.1 Å². The fourth-order valence-electron chi connectivity index (χ4n) is 3.79. The highest BCUT2D eigenvalue weighted by Gasteiger charge is 2.18. The van der Waals surface area contributed by atoms with E-state index >= 15 is 0 Å². The predicted octanol–water partition coefficient (Wildman–Crippen LogP) is 8.04. The summed E-state index contributed by atoms with van der Waals surface area (Å²) in [5.41, 5.74) is 4.78. The Morgan fingerprint density at radius 2 is 1.69 bits per heavy atom. The normalized spacial score (nSPS) is 15.6. The van der Waals surface area contributed by atoms with Crippen molar-refractivity contribution in [1.82, 2.24) is 9.97 Å². The topological polar surface area (TPSA) is 38.9 Å². The van der Waals surface area contributed by atoms with Crippen LogP contribution in [0.25, 0.3) is 33.5 Å². The van der Waals surface area contributed by atoms with Gasteiger partial charge in [-0.3, -0.25) is 4.98 Å². The quantitative estimate of drug-likeness (QED) is 0.328. The summed E-state index contributed by atoms with van der Waals surface area (Å²) in [6, 6.07) is 15.4. The van der Waals surface area contributed by atoms with Gasteiger partial charge >= 0.3 is 0 Å². The molecule has 3 heteroatoms. The Morgan fingerprint density at radius 1 is 0.938 bits per heavy atom. The van der Waals surface area contributed by atoms with Gasteiger partial charge in [0.25, 0.3) is 0 Å². The molecule has 0 unspecified atom stereocenters. The number of hydrogen-bond donors (Lipinski definition) is 0. The van der Waals surface area contributed by atoms with E-state index in [-0.39, 0.29) is 16.9 Å². The summed E-state index contributed by atoms with van der Waals surface area (Å²) in [5, 5.41) is 0. The van der Waals surface area contributed by atoms with E-state index in [1.807, 2.05) is 69.3 Å².